The molecule has 4 rings (SSSR count). The second-order valence-electron chi connectivity index (χ2n) is 8.09. The van der Waals surface area contributed by atoms with Crippen LogP contribution in [0.1, 0.15) is 29.4 Å². The fourth-order valence-corrected chi connectivity index (χ4v) is 4.03. The lowest BCUT2D eigenvalue weighted by Crippen LogP contribution is -2.50. The van der Waals surface area contributed by atoms with Crippen LogP contribution in [0.2, 0.25) is 0 Å². The fourth-order valence-electron chi connectivity index (χ4n) is 4.03. The number of nitrogens with zero attached hydrogens (tertiary/aromatic N) is 4. The van der Waals surface area contributed by atoms with Crippen molar-refractivity contribution in [2.24, 2.45) is 0 Å². The van der Waals surface area contributed by atoms with Gasteiger partial charge in [0.15, 0.2) is 0 Å². The molecule has 1 aromatic heterocycles. The number of imidazole rings is 1. The molecule has 6 heteroatoms. The molecule has 0 N–H and O–H groups in total. The second-order valence-corrected chi connectivity index (χ2v) is 8.09. The van der Waals surface area contributed by atoms with Crippen molar-refractivity contribution in [3.8, 4) is 0 Å². The third kappa shape index (κ3) is 4.08. The van der Waals surface area contributed by atoms with Crippen LogP contribution in [-0.2, 0) is 22.6 Å². The summed E-state index contributed by atoms with van der Waals surface area (Å²) in [7, 11) is 0. The van der Waals surface area contributed by atoms with Crippen molar-refractivity contribution in [3.63, 3.8) is 0 Å². The van der Waals surface area contributed by atoms with Crippen LogP contribution in [0.5, 0.6) is 0 Å². The Morgan fingerprint density at radius 2 is 1.57 bits per heavy atom. The summed E-state index contributed by atoms with van der Waals surface area (Å²) >= 11 is 0. The number of rotatable bonds is 4. The van der Waals surface area contributed by atoms with Gasteiger partial charge in [-0.2, -0.15) is 0 Å². The van der Waals surface area contributed by atoms with Crippen molar-refractivity contribution < 1.29 is 9.59 Å². The minimum Gasteiger partial charge on any atom is -0.339 e. The molecule has 3 aromatic rings. The van der Waals surface area contributed by atoms with Crippen LogP contribution in [0.4, 0.5) is 0 Å². The van der Waals surface area contributed by atoms with Crippen LogP contribution >= 0.6 is 0 Å². The van der Waals surface area contributed by atoms with E-state index in [0.29, 0.717) is 32.6 Å². The van der Waals surface area contributed by atoms with E-state index in [1.54, 1.807) is 11.8 Å². The summed E-state index contributed by atoms with van der Waals surface area (Å²) in [6.07, 6.45) is 0.680. The Bertz CT molecular complexity index is 1080. The second kappa shape index (κ2) is 8.30. The number of aryl methyl sites for hydroxylation is 2. The minimum absolute atomic E-state index is 0.0682. The van der Waals surface area contributed by atoms with E-state index < -0.39 is 0 Å². The molecule has 1 aliphatic heterocycles. The number of hydrogen-bond donors (Lipinski definition) is 0. The Morgan fingerprint density at radius 1 is 0.933 bits per heavy atom. The van der Waals surface area contributed by atoms with Gasteiger partial charge in [-0.15, -0.1) is 0 Å². The smallest absolute Gasteiger partial charge is 0.242 e. The molecule has 1 fully saturated rings. The van der Waals surface area contributed by atoms with E-state index in [0.717, 1.165) is 16.9 Å². The first-order valence-electron chi connectivity index (χ1n) is 10.5. The highest BCUT2D eigenvalue weighted by molar-refractivity contribution is 5.82. The number of amides is 2. The predicted octanol–water partition coefficient (Wildman–Crippen LogP) is 2.93. The average molecular weight is 405 g/mol. The normalized spacial score (nSPS) is 14.4. The predicted molar refractivity (Wildman–Crippen MR) is 117 cm³/mol. The number of aromatic nitrogens is 2. The summed E-state index contributed by atoms with van der Waals surface area (Å²) < 4.78 is 2.06. The van der Waals surface area contributed by atoms with Gasteiger partial charge < -0.3 is 14.4 Å². The van der Waals surface area contributed by atoms with Gasteiger partial charge in [-0.1, -0.05) is 30.3 Å². The van der Waals surface area contributed by atoms with Crippen molar-refractivity contribution in [2.45, 2.75) is 33.7 Å². The maximum atomic E-state index is 13.1. The topological polar surface area (TPSA) is 58.4 Å². The van der Waals surface area contributed by atoms with E-state index in [-0.39, 0.29) is 18.4 Å². The Balaban J connectivity index is 1.63. The summed E-state index contributed by atoms with van der Waals surface area (Å²) in [5.41, 5.74) is 5.49. The third-order valence-corrected chi connectivity index (χ3v) is 6.02. The molecule has 30 heavy (non-hydrogen) atoms. The van der Waals surface area contributed by atoms with E-state index >= 15 is 0 Å². The lowest BCUT2D eigenvalue weighted by molar-refractivity contribution is -0.138. The number of carbonyl (C=O) groups excluding carboxylic acids is 2. The molecule has 6 nitrogen and oxygen atoms in total. The highest BCUT2D eigenvalue weighted by atomic mass is 16.2. The van der Waals surface area contributed by atoms with Gasteiger partial charge >= 0.3 is 0 Å². The highest BCUT2D eigenvalue weighted by Crippen LogP contribution is 2.23. The van der Waals surface area contributed by atoms with Gasteiger partial charge in [0.1, 0.15) is 12.4 Å². The maximum absolute atomic E-state index is 13.1. The van der Waals surface area contributed by atoms with Gasteiger partial charge in [-0.25, -0.2) is 4.98 Å². The van der Waals surface area contributed by atoms with Gasteiger partial charge in [-0.05, 0) is 42.7 Å². The SMILES string of the molecule is CC(=O)N1CCN(C(=O)Cn2c(Cc3ccccc3)nc3cc(C)c(C)cc32)CC1. The van der Waals surface area contributed by atoms with Crippen molar-refractivity contribution in [2.75, 3.05) is 26.2 Å². The highest BCUT2D eigenvalue weighted by Gasteiger charge is 2.24. The third-order valence-electron chi connectivity index (χ3n) is 6.02. The maximum Gasteiger partial charge on any atom is 0.242 e. The summed E-state index contributed by atoms with van der Waals surface area (Å²) in [5.74, 6) is 1.04. The lowest BCUT2D eigenvalue weighted by Gasteiger charge is -2.34. The van der Waals surface area contributed by atoms with Gasteiger partial charge in [0.25, 0.3) is 0 Å². The molecule has 156 valence electrons. The van der Waals surface area contributed by atoms with Crippen LogP contribution in [0.15, 0.2) is 42.5 Å². The molecule has 0 saturated carbocycles. The van der Waals surface area contributed by atoms with Crippen molar-refractivity contribution >= 4 is 22.8 Å². The minimum atomic E-state index is 0.0682. The number of hydrogen-bond acceptors (Lipinski definition) is 3. The van der Waals surface area contributed by atoms with Gasteiger partial charge in [0.2, 0.25) is 11.8 Å². The standard InChI is InChI=1S/C24H28N4O2/c1-17-13-21-22(14-18(17)2)28(23(25-21)15-20-7-5-4-6-8-20)16-24(30)27-11-9-26(10-12-27)19(3)29/h4-8,13-14H,9-12,15-16H2,1-3H3. The Morgan fingerprint density at radius 3 is 2.23 bits per heavy atom. The van der Waals surface area contributed by atoms with Crippen LogP contribution in [0, 0.1) is 13.8 Å². The quantitative estimate of drug-likeness (QED) is 0.672. The van der Waals surface area contributed by atoms with E-state index in [1.165, 1.54) is 16.7 Å². The van der Waals surface area contributed by atoms with Gasteiger partial charge in [0.05, 0.1) is 11.0 Å². The molecular weight excluding hydrogens is 376 g/mol. The zero-order chi connectivity index (χ0) is 21.3. The summed E-state index contributed by atoms with van der Waals surface area (Å²) in [6.45, 7) is 8.38. The first kappa shape index (κ1) is 20.1. The largest absolute Gasteiger partial charge is 0.339 e. The number of carbonyl (C=O) groups is 2. The molecule has 0 spiro atoms. The van der Waals surface area contributed by atoms with E-state index in [2.05, 4.69) is 42.7 Å². The number of benzene rings is 2. The van der Waals surface area contributed by atoms with Gasteiger partial charge in [-0.3, -0.25) is 9.59 Å². The Kier molecular flexibility index (Phi) is 5.57. The van der Waals surface area contributed by atoms with Crippen LogP contribution in [0.3, 0.4) is 0 Å². The molecule has 0 unspecified atom stereocenters. The number of fused-ring (bicyclic) bond motifs is 1. The molecule has 2 amide bonds. The molecule has 0 atom stereocenters. The average Bonchev–Trinajstić information content (AvgIpc) is 3.05. The van der Waals surface area contributed by atoms with Crippen LogP contribution < -0.4 is 0 Å². The Hall–Kier alpha value is -3.15. The molecule has 1 aliphatic rings. The molecular formula is C24H28N4O2. The summed E-state index contributed by atoms with van der Waals surface area (Å²) in [5, 5.41) is 0. The zero-order valence-corrected chi connectivity index (χ0v) is 17.9. The van der Waals surface area contributed by atoms with Crippen molar-refractivity contribution in [1.29, 1.82) is 0 Å². The monoisotopic (exact) mass is 404 g/mol. The van der Waals surface area contributed by atoms with E-state index in [4.69, 9.17) is 4.98 Å². The zero-order valence-electron chi connectivity index (χ0n) is 17.9. The molecule has 2 heterocycles. The Labute approximate surface area is 177 Å². The van der Waals surface area contributed by atoms with Crippen LogP contribution in [0.25, 0.3) is 11.0 Å². The fraction of sp³-hybridized carbons (Fsp3) is 0.375. The van der Waals surface area contributed by atoms with Crippen molar-refractivity contribution in [1.82, 2.24) is 19.4 Å². The summed E-state index contributed by atoms with van der Waals surface area (Å²) in [4.78, 5) is 33.2. The van der Waals surface area contributed by atoms with Crippen molar-refractivity contribution in [3.05, 3.63) is 65.0 Å². The van der Waals surface area contributed by atoms with E-state index in [1.807, 2.05) is 23.1 Å². The molecule has 0 aliphatic carbocycles. The molecule has 2 aromatic carbocycles. The van der Waals surface area contributed by atoms with E-state index in [9.17, 15) is 9.59 Å². The number of piperazine rings is 1. The van der Waals surface area contributed by atoms with Crippen LogP contribution in [-0.4, -0.2) is 57.3 Å². The summed E-state index contributed by atoms with van der Waals surface area (Å²) in [6, 6.07) is 14.5. The molecule has 1 saturated heterocycles. The first-order valence-corrected chi connectivity index (χ1v) is 10.5. The first-order chi connectivity index (χ1) is 14.4. The molecule has 0 bridgehead atoms. The lowest BCUT2D eigenvalue weighted by atomic mass is 10.1. The van der Waals surface area contributed by atoms with Gasteiger partial charge in [0, 0.05) is 39.5 Å². The molecule has 0 radical (unpaired) electrons.